The van der Waals surface area contributed by atoms with E-state index in [-0.39, 0.29) is 23.5 Å². The van der Waals surface area contributed by atoms with E-state index in [9.17, 15) is 14.4 Å². The van der Waals surface area contributed by atoms with E-state index in [0.29, 0.717) is 11.1 Å². The average Bonchev–Trinajstić information content (AvgIpc) is 2.59. The summed E-state index contributed by atoms with van der Waals surface area (Å²) in [7, 11) is 0. The average molecular weight is 304 g/mol. The lowest BCUT2D eigenvalue weighted by Crippen LogP contribution is -2.32. The van der Waals surface area contributed by atoms with Crippen LogP contribution in [0.1, 0.15) is 38.6 Å². The van der Waals surface area contributed by atoms with Crippen molar-refractivity contribution < 1.29 is 19.1 Å². The second-order valence-corrected chi connectivity index (χ2v) is 5.59. The maximum atomic E-state index is 12.9. The van der Waals surface area contributed by atoms with Crippen LogP contribution in [0.3, 0.4) is 0 Å². The minimum Gasteiger partial charge on any atom is -0.422 e. The first-order chi connectivity index (χ1) is 11.2. The van der Waals surface area contributed by atoms with Crippen molar-refractivity contribution in [2.24, 2.45) is 0 Å². The van der Waals surface area contributed by atoms with Crippen molar-refractivity contribution >= 4 is 17.5 Å². The Bertz CT molecular complexity index is 877. The van der Waals surface area contributed by atoms with Gasteiger partial charge in [-0.15, -0.1) is 0 Å². The molecule has 0 radical (unpaired) electrons. The van der Waals surface area contributed by atoms with Crippen LogP contribution in [0.2, 0.25) is 0 Å². The summed E-state index contributed by atoms with van der Waals surface area (Å²) in [5.74, 6) is -1.69. The number of hydrogen-bond acceptors (Lipinski definition) is 4. The van der Waals surface area contributed by atoms with Crippen molar-refractivity contribution in [1.82, 2.24) is 0 Å². The Morgan fingerprint density at radius 1 is 0.783 bits per heavy atom. The van der Waals surface area contributed by atoms with E-state index in [1.807, 2.05) is 30.3 Å². The molecule has 4 heteroatoms. The number of ether oxygens (including phenoxy) is 1. The first kappa shape index (κ1) is 13.6. The summed E-state index contributed by atoms with van der Waals surface area (Å²) in [6, 6.07) is 15.9. The third-order valence-electron chi connectivity index (χ3n) is 4.25. The summed E-state index contributed by atoms with van der Waals surface area (Å²) < 4.78 is 5.15. The second kappa shape index (κ2) is 5.02. The monoisotopic (exact) mass is 304 g/mol. The van der Waals surface area contributed by atoms with Gasteiger partial charge in [0.05, 0.1) is 12.0 Å². The van der Waals surface area contributed by atoms with Gasteiger partial charge in [-0.05, 0) is 5.56 Å². The van der Waals surface area contributed by atoms with Crippen LogP contribution in [0, 0.1) is 0 Å². The SMILES string of the molecule is O=C1C[C@@H](c2ccccc2)C2=C(O1)C(=O)c1ccccc1C2=O. The zero-order valence-electron chi connectivity index (χ0n) is 12.1. The number of benzene rings is 2. The molecule has 0 N–H and O–H groups in total. The van der Waals surface area contributed by atoms with E-state index >= 15 is 0 Å². The molecular formula is C19H12O4. The van der Waals surface area contributed by atoms with Gasteiger partial charge in [0.25, 0.3) is 0 Å². The van der Waals surface area contributed by atoms with Crippen LogP contribution in [0.15, 0.2) is 65.9 Å². The Morgan fingerprint density at radius 3 is 2.09 bits per heavy atom. The van der Waals surface area contributed by atoms with Crippen LogP contribution in [-0.2, 0) is 9.53 Å². The summed E-state index contributed by atoms with van der Waals surface area (Å²) in [5, 5.41) is 0. The van der Waals surface area contributed by atoms with E-state index < -0.39 is 17.7 Å². The highest BCUT2D eigenvalue weighted by Crippen LogP contribution is 2.40. The minimum atomic E-state index is -0.488. The van der Waals surface area contributed by atoms with Gasteiger partial charge >= 0.3 is 5.97 Å². The molecule has 1 atom stereocenters. The number of carbonyl (C=O) groups is 3. The first-order valence-electron chi connectivity index (χ1n) is 7.35. The maximum Gasteiger partial charge on any atom is 0.312 e. The van der Waals surface area contributed by atoms with E-state index in [4.69, 9.17) is 4.74 Å². The van der Waals surface area contributed by atoms with E-state index in [2.05, 4.69) is 0 Å². The number of rotatable bonds is 1. The lowest BCUT2D eigenvalue weighted by molar-refractivity contribution is -0.140. The van der Waals surface area contributed by atoms with Crippen LogP contribution in [0.25, 0.3) is 0 Å². The van der Waals surface area contributed by atoms with Crippen molar-refractivity contribution in [3.8, 4) is 0 Å². The van der Waals surface area contributed by atoms with Gasteiger partial charge in [0, 0.05) is 17.0 Å². The highest BCUT2D eigenvalue weighted by Gasteiger charge is 2.42. The van der Waals surface area contributed by atoms with Crippen molar-refractivity contribution in [1.29, 1.82) is 0 Å². The zero-order chi connectivity index (χ0) is 16.0. The topological polar surface area (TPSA) is 60.4 Å². The Hall–Kier alpha value is -3.01. The number of carbonyl (C=O) groups excluding carboxylic acids is 3. The molecule has 1 aliphatic heterocycles. The Kier molecular flexibility index (Phi) is 2.98. The largest absolute Gasteiger partial charge is 0.422 e. The third-order valence-corrected chi connectivity index (χ3v) is 4.25. The summed E-state index contributed by atoms with van der Waals surface area (Å²) in [6.07, 6.45) is 0.0596. The Balaban J connectivity index is 1.93. The lowest BCUT2D eigenvalue weighted by atomic mass is 9.77. The molecule has 4 nitrogen and oxygen atoms in total. The van der Waals surface area contributed by atoms with Crippen LogP contribution in [0.4, 0.5) is 0 Å². The Morgan fingerprint density at radius 2 is 1.39 bits per heavy atom. The highest BCUT2D eigenvalue weighted by atomic mass is 16.5. The number of fused-ring (bicyclic) bond motifs is 1. The molecule has 2 aromatic rings. The second-order valence-electron chi connectivity index (χ2n) is 5.59. The predicted molar refractivity (Wildman–Crippen MR) is 82.0 cm³/mol. The molecule has 0 fully saturated rings. The van der Waals surface area contributed by atoms with Gasteiger partial charge in [0.1, 0.15) is 0 Å². The molecule has 1 aliphatic carbocycles. The summed E-state index contributed by atoms with van der Waals surface area (Å²) in [6.45, 7) is 0. The maximum absolute atomic E-state index is 12.9. The minimum absolute atomic E-state index is 0.0596. The molecular weight excluding hydrogens is 292 g/mol. The van der Waals surface area contributed by atoms with Crippen molar-refractivity contribution in [3.63, 3.8) is 0 Å². The van der Waals surface area contributed by atoms with Gasteiger partial charge in [-0.25, -0.2) is 0 Å². The fraction of sp³-hybridized carbons (Fsp3) is 0.105. The molecule has 23 heavy (non-hydrogen) atoms. The van der Waals surface area contributed by atoms with Crippen LogP contribution in [0.5, 0.6) is 0 Å². The molecule has 0 aromatic heterocycles. The molecule has 0 unspecified atom stereocenters. The number of esters is 1. The number of allylic oxidation sites excluding steroid dienone is 2. The molecule has 2 aliphatic rings. The molecule has 1 heterocycles. The van der Waals surface area contributed by atoms with E-state index in [1.54, 1.807) is 24.3 Å². The quantitative estimate of drug-likeness (QED) is 0.760. The molecule has 112 valence electrons. The highest BCUT2D eigenvalue weighted by molar-refractivity contribution is 6.27. The molecule has 0 saturated heterocycles. The van der Waals surface area contributed by atoms with E-state index in [1.165, 1.54) is 0 Å². The standard InChI is InChI=1S/C19H12O4/c20-15-10-14(11-6-2-1-3-7-11)16-17(21)12-8-4-5-9-13(12)18(22)19(16)23-15/h1-9,14H,10H2/t14-/m0/s1. The zero-order valence-corrected chi connectivity index (χ0v) is 12.1. The summed E-state index contributed by atoms with van der Waals surface area (Å²) in [5.41, 5.74) is 1.78. The van der Waals surface area contributed by atoms with Crippen LogP contribution in [-0.4, -0.2) is 17.5 Å². The molecule has 0 amide bonds. The fourth-order valence-corrected chi connectivity index (χ4v) is 3.18. The van der Waals surface area contributed by atoms with Crippen LogP contribution < -0.4 is 0 Å². The fourth-order valence-electron chi connectivity index (χ4n) is 3.18. The van der Waals surface area contributed by atoms with Gasteiger partial charge in [-0.2, -0.15) is 0 Å². The van der Waals surface area contributed by atoms with Gasteiger partial charge in [-0.1, -0.05) is 54.6 Å². The first-order valence-corrected chi connectivity index (χ1v) is 7.35. The van der Waals surface area contributed by atoms with Gasteiger partial charge in [0.2, 0.25) is 5.78 Å². The van der Waals surface area contributed by atoms with Crippen molar-refractivity contribution in [2.75, 3.05) is 0 Å². The molecule has 4 rings (SSSR count). The summed E-state index contributed by atoms with van der Waals surface area (Å²) >= 11 is 0. The molecule has 2 aromatic carbocycles. The smallest absolute Gasteiger partial charge is 0.312 e. The molecule has 0 spiro atoms. The van der Waals surface area contributed by atoms with Gasteiger partial charge in [0.15, 0.2) is 11.5 Å². The normalized spacial score (nSPS) is 20.0. The molecule has 0 bridgehead atoms. The Labute approximate surface area is 132 Å². The summed E-state index contributed by atoms with van der Waals surface area (Å²) in [4.78, 5) is 37.5. The number of ketones is 2. The lowest BCUT2D eigenvalue weighted by Gasteiger charge is -2.29. The van der Waals surface area contributed by atoms with E-state index in [0.717, 1.165) is 5.56 Å². The predicted octanol–water partition coefficient (Wildman–Crippen LogP) is 3.05. The van der Waals surface area contributed by atoms with Crippen molar-refractivity contribution in [3.05, 3.63) is 82.6 Å². The van der Waals surface area contributed by atoms with Crippen LogP contribution >= 0.6 is 0 Å². The van der Waals surface area contributed by atoms with Gasteiger partial charge < -0.3 is 4.74 Å². The molecule has 0 saturated carbocycles. The van der Waals surface area contributed by atoms with Crippen molar-refractivity contribution in [2.45, 2.75) is 12.3 Å². The number of Topliss-reactive ketones (excluding diaryl/α,β-unsaturated/α-hetero) is 2. The third kappa shape index (κ3) is 2.03. The van der Waals surface area contributed by atoms with Gasteiger partial charge in [-0.3, -0.25) is 14.4 Å². The number of hydrogen-bond donors (Lipinski definition) is 0.